The summed E-state index contributed by atoms with van der Waals surface area (Å²) >= 11 is 0. The highest BCUT2D eigenvalue weighted by molar-refractivity contribution is 7.89. The Bertz CT molecular complexity index is 690. The number of fused-ring (bicyclic) bond motifs is 1. The minimum atomic E-state index is -3.36. The number of aryl methyl sites for hydroxylation is 1. The molecular weight excluding hydrogens is 246 g/mol. The number of sulfonamides is 1. The molecule has 1 aliphatic heterocycles. The normalized spacial score (nSPS) is 20.6. The monoisotopic (exact) mass is 259 g/mol. The van der Waals surface area contributed by atoms with E-state index in [1.54, 1.807) is 12.1 Å². The minimum Gasteiger partial charge on any atom is -0.207 e. The average molecular weight is 259 g/mol. The van der Waals surface area contributed by atoms with Crippen LogP contribution in [0.15, 0.2) is 53.4 Å². The van der Waals surface area contributed by atoms with Crippen molar-refractivity contribution in [2.24, 2.45) is 0 Å². The summed E-state index contributed by atoms with van der Waals surface area (Å²) in [4.78, 5) is 0.385. The SMILES string of the molecule is Cc1ccc([C@H]2NS(=O)(=O)c3ccccc32)cc1. The molecule has 2 aromatic rings. The van der Waals surface area contributed by atoms with Crippen molar-refractivity contribution in [1.82, 2.24) is 4.72 Å². The van der Waals surface area contributed by atoms with E-state index >= 15 is 0 Å². The van der Waals surface area contributed by atoms with Gasteiger partial charge in [0.25, 0.3) is 0 Å². The third-order valence-corrected chi connectivity index (χ3v) is 4.70. The van der Waals surface area contributed by atoms with E-state index in [0.29, 0.717) is 4.90 Å². The van der Waals surface area contributed by atoms with Crippen molar-refractivity contribution < 1.29 is 8.42 Å². The van der Waals surface area contributed by atoms with Gasteiger partial charge in [-0.2, -0.15) is 4.72 Å². The Labute approximate surface area is 107 Å². The first-order chi connectivity index (χ1) is 8.58. The Morgan fingerprint density at radius 3 is 2.39 bits per heavy atom. The molecule has 3 rings (SSSR count). The van der Waals surface area contributed by atoms with Crippen molar-refractivity contribution in [2.75, 3.05) is 0 Å². The number of hydrogen-bond acceptors (Lipinski definition) is 2. The second kappa shape index (κ2) is 3.93. The standard InChI is InChI=1S/C14H13NO2S/c1-10-6-8-11(9-7-10)14-12-4-2-3-5-13(12)18(16,17)15-14/h2-9,14-15H,1H3/t14-/m1/s1. The fraction of sp³-hybridized carbons (Fsp3) is 0.143. The van der Waals surface area contributed by atoms with E-state index < -0.39 is 10.0 Å². The van der Waals surface area contributed by atoms with Crippen LogP contribution < -0.4 is 4.72 Å². The van der Waals surface area contributed by atoms with Crippen LogP contribution in [0.2, 0.25) is 0 Å². The van der Waals surface area contributed by atoms with E-state index in [-0.39, 0.29) is 6.04 Å². The van der Waals surface area contributed by atoms with Gasteiger partial charge in [-0.25, -0.2) is 8.42 Å². The summed E-state index contributed by atoms with van der Waals surface area (Å²) < 4.78 is 26.7. The number of hydrogen-bond donors (Lipinski definition) is 1. The highest BCUT2D eigenvalue weighted by Crippen LogP contribution is 2.34. The molecule has 0 saturated heterocycles. The first kappa shape index (κ1) is 11.4. The van der Waals surface area contributed by atoms with Gasteiger partial charge in [0.1, 0.15) is 0 Å². The van der Waals surface area contributed by atoms with Gasteiger partial charge in [0.15, 0.2) is 0 Å². The summed E-state index contributed by atoms with van der Waals surface area (Å²) in [6.07, 6.45) is 0. The quantitative estimate of drug-likeness (QED) is 0.854. The van der Waals surface area contributed by atoms with Crippen molar-refractivity contribution >= 4 is 10.0 Å². The van der Waals surface area contributed by atoms with Crippen LogP contribution in [0.25, 0.3) is 0 Å². The molecular formula is C14H13NO2S. The zero-order valence-electron chi connectivity index (χ0n) is 9.92. The van der Waals surface area contributed by atoms with Gasteiger partial charge in [-0.15, -0.1) is 0 Å². The molecule has 0 unspecified atom stereocenters. The maximum absolute atomic E-state index is 12.0. The highest BCUT2D eigenvalue weighted by atomic mass is 32.2. The van der Waals surface area contributed by atoms with E-state index in [4.69, 9.17) is 0 Å². The molecule has 1 atom stereocenters. The molecule has 0 bridgehead atoms. The van der Waals surface area contributed by atoms with Crippen LogP contribution in [0, 0.1) is 6.92 Å². The van der Waals surface area contributed by atoms with E-state index in [9.17, 15) is 8.42 Å². The summed E-state index contributed by atoms with van der Waals surface area (Å²) in [6, 6.07) is 14.7. The van der Waals surface area contributed by atoms with Gasteiger partial charge >= 0.3 is 0 Å². The van der Waals surface area contributed by atoms with Crippen molar-refractivity contribution in [3.8, 4) is 0 Å². The Kier molecular flexibility index (Phi) is 2.50. The fourth-order valence-electron chi connectivity index (χ4n) is 2.25. The zero-order chi connectivity index (χ0) is 12.8. The molecule has 18 heavy (non-hydrogen) atoms. The molecule has 0 aliphatic carbocycles. The van der Waals surface area contributed by atoms with Crippen LogP contribution in [-0.4, -0.2) is 8.42 Å². The Balaban J connectivity index is 2.14. The van der Waals surface area contributed by atoms with Crippen molar-refractivity contribution in [3.05, 3.63) is 65.2 Å². The molecule has 1 N–H and O–H groups in total. The second-order valence-electron chi connectivity index (χ2n) is 4.50. The van der Waals surface area contributed by atoms with Crippen LogP contribution in [0.1, 0.15) is 22.7 Å². The maximum Gasteiger partial charge on any atom is 0.241 e. The molecule has 0 amide bonds. The van der Waals surface area contributed by atoms with Gasteiger partial charge in [-0.05, 0) is 24.1 Å². The second-order valence-corrected chi connectivity index (χ2v) is 6.19. The molecule has 0 aromatic heterocycles. The first-order valence-corrected chi connectivity index (χ1v) is 7.24. The lowest BCUT2D eigenvalue weighted by Crippen LogP contribution is -2.20. The summed E-state index contributed by atoms with van der Waals surface area (Å²) in [7, 11) is -3.36. The van der Waals surface area contributed by atoms with Gasteiger partial charge in [0.2, 0.25) is 10.0 Å². The molecule has 0 radical (unpaired) electrons. The molecule has 1 aliphatic rings. The molecule has 4 heteroatoms. The lowest BCUT2D eigenvalue weighted by molar-refractivity contribution is 0.585. The Hall–Kier alpha value is -1.65. The van der Waals surface area contributed by atoms with Gasteiger partial charge in [0, 0.05) is 0 Å². The Morgan fingerprint density at radius 1 is 1.00 bits per heavy atom. The Morgan fingerprint density at radius 2 is 1.67 bits per heavy atom. The molecule has 0 spiro atoms. The van der Waals surface area contributed by atoms with Gasteiger partial charge < -0.3 is 0 Å². The van der Waals surface area contributed by atoms with Crippen LogP contribution in [-0.2, 0) is 10.0 Å². The van der Waals surface area contributed by atoms with E-state index in [1.165, 1.54) is 0 Å². The molecule has 0 fully saturated rings. The van der Waals surface area contributed by atoms with E-state index in [0.717, 1.165) is 16.7 Å². The minimum absolute atomic E-state index is 0.271. The predicted molar refractivity (Wildman–Crippen MR) is 69.8 cm³/mol. The van der Waals surface area contributed by atoms with Gasteiger partial charge in [0.05, 0.1) is 10.9 Å². The lowest BCUT2D eigenvalue weighted by atomic mass is 9.99. The molecule has 3 nitrogen and oxygen atoms in total. The highest BCUT2D eigenvalue weighted by Gasteiger charge is 2.34. The summed E-state index contributed by atoms with van der Waals surface area (Å²) in [6.45, 7) is 2.01. The lowest BCUT2D eigenvalue weighted by Gasteiger charge is -2.11. The largest absolute Gasteiger partial charge is 0.241 e. The van der Waals surface area contributed by atoms with E-state index in [2.05, 4.69) is 4.72 Å². The third-order valence-electron chi connectivity index (χ3n) is 3.20. The average Bonchev–Trinajstić information content (AvgIpc) is 2.63. The molecule has 2 aromatic carbocycles. The third kappa shape index (κ3) is 1.74. The summed E-state index contributed by atoms with van der Waals surface area (Å²) in [5, 5.41) is 0. The first-order valence-electron chi connectivity index (χ1n) is 5.76. The predicted octanol–water partition coefficient (Wildman–Crippen LogP) is 2.38. The smallest absolute Gasteiger partial charge is 0.207 e. The molecule has 92 valence electrons. The number of nitrogens with one attached hydrogen (secondary N) is 1. The zero-order valence-corrected chi connectivity index (χ0v) is 10.7. The van der Waals surface area contributed by atoms with Crippen LogP contribution >= 0.6 is 0 Å². The summed E-state index contributed by atoms with van der Waals surface area (Å²) in [5.74, 6) is 0. The van der Waals surface area contributed by atoms with Gasteiger partial charge in [-0.1, -0.05) is 48.0 Å². The topological polar surface area (TPSA) is 46.2 Å². The molecule has 0 saturated carbocycles. The van der Waals surface area contributed by atoms with Crippen LogP contribution in [0.5, 0.6) is 0 Å². The van der Waals surface area contributed by atoms with Crippen molar-refractivity contribution in [2.45, 2.75) is 17.9 Å². The fourth-order valence-corrected chi connectivity index (χ4v) is 3.71. The number of benzene rings is 2. The molecule has 1 heterocycles. The summed E-state index contributed by atoms with van der Waals surface area (Å²) in [5.41, 5.74) is 2.95. The van der Waals surface area contributed by atoms with Crippen molar-refractivity contribution in [3.63, 3.8) is 0 Å². The maximum atomic E-state index is 12.0. The van der Waals surface area contributed by atoms with Crippen LogP contribution in [0.4, 0.5) is 0 Å². The van der Waals surface area contributed by atoms with Crippen LogP contribution in [0.3, 0.4) is 0 Å². The van der Waals surface area contributed by atoms with Crippen molar-refractivity contribution in [1.29, 1.82) is 0 Å². The van der Waals surface area contributed by atoms with E-state index in [1.807, 2.05) is 43.3 Å². The number of rotatable bonds is 1. The van der Waals surface area contributed by atoms with Gasteiger partial charge in [-0.3, -0.25) is 0 Å².